The summed E-state index contributed by atoms with van der Waals surface area (Å²) < 4.78 is 1.70. The Labute approximate surface area is 144 Å². The van der Waals surface area contributed by atoms with E-state index in [4.69, 9.17) is 5.11 Å². The molecule has 1 fully saturated rings. The van der Waals surface area contributed by atoms with Crippen molar-refractivity contribution in [1.29, 1.82) is 0 Å². The van der Waals surface area contributed by atoms with E-state index in [1.807, 2.05) is 46.2 Å². The molecule has 6 nitrogen and oxygen atoms in total. The van der Waals surface area contributed by atoms with Crippen molar-refractivity contribution in [1.82, 2.24) is 14.7 Å². The highest BCUT2D eigenvalue weighted by Crippen LogP contribution is 2.21. The third-order valence-electron chi connectivity index (χ3n) is 3.91. The van der Waals surface area contributed by atoms with Crippen LogP contribution in [-0.4, -0.2) is 44.8 Å². The fraction of sp³-hybridized carbons (Fsp3) is 0.611. The van der Waals surface area contributed by atoms with Crippen LogP contribution in [0, 0.1) is 5.92 Å². The first kappa shape index (κ1) is 19.9. The molecule has 1 atom stereocenters. The lowest BCUT2D eigenvalue weighted by Crippen LogP contribution is -2.42. The SMILES string of the molecule is CC.CCC/C(=C\c1ccn(C)n1)C(=O)N1CCCC(C(=O)O)C1. The van der Waals surface area contributed by atoms with Crippen molar-refractivity contribution >= 4 is 18.0 Å². The molecule has 1 aliphatic rings. The van der Waals surface area contributed by atoms with Crippen LogP contribution in [0.5, 0.6) is 0 Å². The van der Waals surface area contributed by atoms with E-state index >= 15 is 0 Å². The fourth-order valence-corrected chi connectivity index (χ4v) is 2.76. The summed E-state index contributed by atoms with van der Waals surface area (Å²) in [7, 11) is 1.83. The second kappa shape index (κ2) is 9.90. The Hall–Kier alpha value is -2.11. The van der Waals surface area contributed by atoms with E-state index in [-0.39, 0.29) is 5.91 Å². The average Bonchev–Trinajstić information content (AvgIpc) is 3.00. The number of carboxylic acid groups (broad SMARTS) is 1. The van der Waals surface area contributed by atoms with Crippen molar-refractivity contribution in [3.63, 3.8) is 0 Å². The van der Waals surface area contributed by atoms with Gasteiger partial charge in [0.2, 0.25) is 5.91 Å². The number of aliphatic carboxylic acids is 1. The largest absolute Gasteiger partial charge is 0.481 e. The molecule has 0 radical (unpaired) electrons. The molecule has 2 heterocycles. The lowest BCUT2D eigenvalue weighted by atomic mass is 9.97. The van der Waals surface area contributed by atoms with Gasteiger partial charge in [0.25, 0.3) is 0 Å². The Morgan fingerprint density at radius 3 is 2.67 bits per heavy atom. The molecule has 1 N–H and O–H groups in total. The van der Waals surface area contributed by atoms with Gasteiger partial charge in [-0.05, 0) is 31.4 Å². The quantitative estimate of drug-likeness (QED) is 0.840. The highest BCUT2D eigenvalue weighted by molar-refractivity contribution is 5.97. The minimum atomic E-state index is -0.816. The van der Waals surface area contributed by atoms with Gasteiger partial charge in [-0.3, -0.25) is 14.3 Å². The van der Waals surface area contributed by atoms with Crippen molar-refractivity contribution in [3.05, 3.63) is 23.5 Å². The number of likely N-dealkylation sites (tertiary alicyclic amines) is 1. The molecule has 0 saturated carbocycles. The van der Waals surface area contributed by atoms with E-state index in [2.05, 4.69) is 5.10 Å². The number of nitrogens with zero attached hydrogens (tertiary/aromatic N) is 3. The Morgan fingerprint density at radius 1 is 1.42 bits per heavy atom. The standard InChI is InChI=1S/C16H23N3O3.C2H6/c1-3-5-12(10-14-7-9-18(2)17-14)15(20)19-8-4-6-13(11-19)16(21)22;1-2/h7,9-10,13H,3-6,8,11H2,1-2H3,(H,21,22);1-2H3/b12-10+;. The summed E-state index contributed by atoms with van der Waals surface area (Å²) >= 11 is 0. The number of carbonyl (C=O) groups is 2. The maximum absolute atomic E-state index is 12.7. The zero-order chi connectivity index (χ0) is 18.1. The molecule has 24 heavy (non-hydrogen) atoms. The Balaban J connectivity index is 0.00000139. The van der Waals surface area contributed by atoms with Crippen LogP contribution >= 0.6 is 0 Å². The number of carbonyl (C=O) groups excluding carboxylic acids is 1. The summed E-state index contributed by atoms with van der Waals surface area (Å²) in [4.78, 5) is 25.5. The maximum atomic E-state index is 12.7. The van der Waals surface area contributed by atoms with Crippen molar-refractivity contribution in [2.45, 2.75) is 46.5 Å². The molecule has 0 aliphatic carbocycles. The van der Waals surface area contributed by atoms with E-state index < -0.39 is 11.9 Å². The van der Waals surface area contributed by atoms with E-state index in [9.17, 15) is 9.59 Å². The number of aromatic nitrogens is 2. The van der Waals surface area contributed by atoms with Gasteiger partial charge in [0.05, 0.1) is 11.6 Å². The van der Waals surface area contributed by atoms with Crippen LogP contribution in [0.3, 0.4) is 0 Å². The molecule has 1 aliphatic heterocycles. The highest BCUT2D eigenvalue weighted by Gasteiger charge is 2.29. The normalized spacial score (nSPS) is 17.9. The van der Waals surface area contributed by atoms with E-state index in [0.29, 0.717) is 31.5 Å². The van der Waals surface area contributed by atoms with Gasteiger partial charge >= 0.3 is 5.97 Å². The number of amides is 1. The molecule has 0 bridgehead atoms. The number of hydrogen-bond acceptors (Lipinski definition) is 3. The van der Waals surface area contributed by atoms with Gasteiger partial charge in [-0.25, -0.2) is 0 Å². The van der Waals surface area contributed by atoms with Gasteiger partial charge in [0.15, 0.2) is 0 Å². The lowest BCUT2D eigenvalue weighted by molar-refractivity contribution is -0.145. The van der Waals surface area contributed by atoms with Crippen LogP contribution in [0.15, 0.2) is 17.8 Å². The first-order valence-corrected chi connectivity index (χ1v) is 8.73. The Bertz CT molecular complexity index is 578. The molecule has 1 amide bonds. The summed E-state index contributed by atoms with van der Waals surface area (Å²) in [6, 6.07) is 1.86. The van der Waals surface area contributed by atoms with Crippen LogP contribution in [0.2, 0.25) is 0 Å². The summed E-state index contributed by atoms with van der Waals surface area (Å²) in [6.07, 6.45) is 6.57. The van der Waals surface area contributed by atoms with Crippen LogP contribution in [0.1, 0.15) is 52.1 Å². The molecule has 1 saturated heterocycles. The van der Waals surface area contributed by atoms with Gasteiger partial charge in [0.1, 0.15) is 0 Å². The fourth-order valence-electron chi connectivity index (χ4n) is 2.76. The molecular formula is C18H29N3O3. The van der Waals surface area contributed by atoms with Crippen LogP contribution in [-0.2, 0) is 16.6 Å². The minimum absolute atomic E-state index is 0.0570. The number of rotatable bonds is 5. The van der Waals surface area contributed by atoms with Crippen LogP contribution in [0.4, 0.5) is 0 Å². The summed E-state index contributed by atoms with van der Waals surface area (Å²) in [6.45, 7) is 6.96. The smallest absolute Gasteiger partial charge is 0.308 e. The van der Waals surface area contributed by atoms with E-state index in [1.165, 1.54) is 0 Å². The molecule has 0 aromatic carbocycles. The Morgan fingerprint density at radius 2 is 2.12 bits per heavy atom. The summed E-state index contributed by atoms with van der Waals surface area (Å²) in [5.41, 5.74) is 1.46. The predicted molar refractivity (Wildman–Crippen MR) is 94.4 cm³/mol. The third kappa shape index (κ3) is 5.51. The van der Waals surface area contributed by atoms with Crippen LogP contribution < -0.4 is 0 Å². The number of carboxylic acids is 1. The predicted octanol–water partition coefficient (Wildman–Crippen LogP) is 2.95. The highest BCUT2D eigenvalue weighted by atomic mass is 16.4. The molecular weight excluding hydrogens is 306 g/mol. The second-order valence-electron chi connectivity index (χ2n) is 5.76. The molecule has 6 heteroatoms. The van der Waals surface area contributed by atoms with Crippen molar-refractivity contribution in [2.24, 2.45) is 13.0 Å². The van der Waals surface area contributed by atoms with Crippen LogP contribution in [0.25, 0.3) is 6.08 Å². The molecule has 1 aromatic heterocycles. The summed E-state index contributed by atoms with van der Waals surface area (Å²) in [5.74, 6) is -1.32. The average molecular weight is 335 g/mol. The monoisotopic (exact) mass is 335 g/mol. The van der Waals surface area contributed by atoms with Gasteiger partial charge in [0, 0.05) is 31.9 Å². The molecule has 0 spiro atoms. The van der Waals surface area contributed by atoms with Crippen molar-refractivity contribution in [2.75, 3.05) is 13.1 Å². The van der Waals surface area contributed by atoms with Gasteiger partial charge in [-0.2, -0.15) is 5.10 Å². The third-order valence-corrected chi connectivity index (χ3v) is 3.91. The maximum Gasteiger partial charge on any atom is 0.308 e. The topological polar surface area (TPSA) is 75.4 Å². The molecule has 134 valence electrons. The number of hydrogen-bond donors (Lipinski definition) is 1. The van der Waals surface area contributed by atoms with Gasteiger partial charge in [-0.15, -0.1) is 0 Å². The Kier molecular flexibility index (Phi) is 8.22. The molecule has 2 rings (SSSR count). The number of piperidine rings is 1. The second-order valence-corrected chi connectivity index (χ2v) is 5.76. The number of aryl methyl sites for hydroxylation is 1. The van der Waals surface area contributed by atoms with Crippen molar-refractivity contribution in [3.8, 4) is 0 Å². The van der Waals surface area contributed by atoms with E-state index in [1.54, 1.807) is 9.58 Å². The first-order chi connectivity index (χ1) is 11.5. The summed E-state index contributed by atoms with van der Waals surface area (Å²) in [5, 5.41) is 13.4. The first-order valence-electron chi connectivity index (χ1n) is 8.73. The van der Waals surface area contributed by atoms with Gasteiger partial charge in [-0.1, -0.05) is 27.2 Å². The lowest BCUT2D eigenvalue weighted by Gasteiger charge is -2.31. The van der Waals surface area contributed by atoms with Gasteiger partial charge < -0.3 is 10.0 Å². The minimum Gasteiger partial charge on any atom is -0.481 e. The van der Waals surface area contributed by atoms with Crippen molar-refractivity contribution < 1.29 is 14.7 Å². The molecule has 1 unspecified atom stereocenters. The van der Waals surface area contributed by atoms with E-state index in [0.717, 1.165) is 18.5 Å². The zero-order valence-corrected chi connectivity index (χ0v) is 15.2. The molecule has 1 aromatic rings. The zero-order valence-electron chi connectivity index (χ0n) is 15.2.